The number of imidazole rings is 1. The molecule has 5 aromatic rings. The van der Waals surface area contributed by atoms with Crippen molar-refractivity contribution in [3.05, 3.63) is 76.7 Å². The molecule has 68 heavy (non-hydrogen) atoms. The van der Waals surface area contributed by atoms with Crippen molar-refractivity contribution in [1.82, 2.24) is 34.6 Å². The molecule has 3 atom stereocenters. The largest absolute Gasteiger partial charge is 0.422 e. The van der Waals surface area contributed by atoms with Crippen molar-refractivity contribution < 1.29 is 43.1 Å². The quantitative estimate of drug-likeness (QED) is 0.0132. The van der Waals surface area contributed by atoms with Crippen molar-refractivity contribution in [1.29, 1.82) is 5.41 Å². The summed E-state index contributed by atoms with van der Waals surface area (Å²) < 4.78 is 32.1. The molecule has 0 radical (unpaired) electrons. The van der Waals surface area contributed by atoms with Crippen LogP contribution in [0.4, 0.5) is 5.69 Å². The van der Waals surface area contributed by atoms with Crippen LogP contribution in [0.2, 0.25) is 0 Å². The summed E-state index contributed by atoms with van der Waals surface area (Å²) in [5, 5.41) is 27.9. The Morgan fingerprint density at radius 1 is 1.01 bits per heavy atom. The lowest BCUT2D eigenvalue weighted by Crippen LogP contribution is -2.49. The predicted octanol–water partition coefficient (Wildman–Crippen LogP) is 3.09. The zero-order valence-electron chi connectivity index (χ0n) is 39.2. The van der Waals surface area contributed by atoms with E-state index in [1.807, 2.05) is 54.0 Å². The zero-order valence-corrected chi connectivity index (χ0v) is 40.1. The molecule has 370 valence electrons. The molecule has 1 amide bonds. The van der Waals surface area contributed by atoms with Crippen LogP contribution in [0.5, 0.6) is 0 Å². The van der Waals surface area contributed by atoms with Gasteiger partial charge >= 0.3 is 5.63 Å². The number of ether oxygens (including phenoxy) is 4. The van der Waals surface area contributed by atoms with E-state index >= 15 is 0 Å². The number of aliphatic hydroxyl groups excluding tert-OH is 1. The van der Waals surface area contributed by atoms with Crippen molar-refractivity contribution in [3.63, 3.8) is 0 Å². The van der Waals surface area contributed by atoms with Gasteiger partial charge in [-0.15, -0.1) is 5.10 Å². The minimum Gasteiger partial charge on any atom is -0.422 e. The molecule has 3 unspecified atom stereocenters. The molecular formula is C46H66N11O10P. The van der Waals surface area contributed by atoms with Crippen molar-refractivity contribution in [2.75, 3.05) is 90.5 Å². The highest BCUT2D eigenvalue weighted by Crippen LogP contribution is 2.52. The number of nitrogens with two attached hydrogens (primary N) is 1. The van der Waals surface area contributed by atoms with Gasteiger partial charge in [-0.2, -0.15) is 0 Å². The Hall–Kier alpha value is -5.22. The standard InChI is InChI=1S/C46H66N11O10P/c1-4-46(68(61)62,34(3)44(48)49-32-47)27-36(30-58)50-43(59)6-5-10-57-28-37(52-53-57)31-66-23-22-65-21-20-64-19-18-63-17-16-54-12-14-55(15-13-54)38-8-7-35-25-39(45(60)67-41(35)26-38)40-29-56-11-9-33(2)24-42(56)51-40/h7-9,11,24-26,28-29,32,34,36,58,61-62H,4-6,10,12-23,27,30-31H2,1-3H3,(H,50,59)(H3,47,48,49). The number of anilines is 1. The first kappa shape index (κ1) is 52.2. The van der Waals surface area contributed by atoms with E-state index in [1.54, 1.807) is 24.7 Å². The van der Waals surface area contributed by atoms with Crippen LogP contribution in [-0.2, 0) is 36.9 Å². The fourth-order valence-electron chi connectivity index (χ4n) is 8.24. The molecule has 4 aromatic heterocycles. The fourth-order valence-corrected chi connectivity index (χ4v) is 9.38. The maximum absolute atomic E-state index is 13.0. The molecule has 0 aliphatic carbocycles. The van der Waals surface area contributed by atoms with Gasteiger partial charge in [0.05, 0.1) is 88.1 Å². The van der Waals surface area contributed by atoms with E-state index in [4.69, 9.17) is 34.5 Å². The van der Waals surface area contributed by atoms with Crippen LogP contribution in [0.25, 0.3) is 27.9 Å². The normalized spacial score (nSPS) is 15.6. The van der Waals surface area contributed by atoms with E-state index in [2.05, 4.69) is 41.5 Å². The Morgan fingerprint density at radius 3 is 2.43 bits per heavy atom. The lowest BCUT2D eigenvalue weighted by Gasteiger charge is -2.40. The zero-order chi connectivity index (χ0) is 48.5. The highest BCUT2D eigenvalue weighted by atomic mass is 31.2. The molecule has 1 saturated heterocycles. The van der Waals surface area contributed by atoms with Crippen LogP contribution >= 0.6 is 8.38 Å². The van der Waals surface area contributed by atoms with Gasteiger partial charge in [0, 0.05) is 81.1 Å². The number of amidine groups is 1. The first-order valence-corrected chi connectivity index (χ1v) is 24.3. The average molecular weight is 964 g/mol. The third-order valence-electron chi connectivity index (χ3n) is 12.3. The number of rotatable bonds is 29. The number of carbonyl (C=O) groups is 1. The molecule has 1 fully saturated rings. The second-order valence-electron chi connectivity index (χ2n) is 16.9. The predicted molar refractivity (Wildman–Crippen MR) is 259 cm³/mol. The van der Waals surface area contributed by atoms with Gasteiger partial charge in [-0.3, -0.25) is 19.8 Å². The molecule has 1 aromatic carbocycles. The fraction of sp³-hybridized carbons (Fsp3) is 0.543. The molecule has 7 N–H and O–H groups in total. The van der Waals surface area contributed by atoms with Crippen LogP contribution in [0.3, 0.4) is 0 Å². The summed E-state index contributed by atoms with van der Waals surface area (Å²) in [5.41, 5.74) is 10.7. The SMILES string of the molecule is CCC(CC(CO)NC(=O)CCCn1cc(COCCOCCOCCOCCN2CCN(c3ccc4cc(-c5cn6ccc(C)cc6n5)c(=O)oc4c3)CC2)nn1)(C(C)/C(N)=N\C=N)P(O)O. The summed E-state index contributed by atoms with van der Waals surface area (Å²) in [5.74, 6) is -0.827. The van der Waals surface area contributed by atoms with Gasteiger partial charge in [-0.05, 0) is 62.1 Å². The van der Waals surface area contributed by atoms with Crippen molar-refractivity contribution in [2.45, 2.75) is 70.8 Å². The first-order chi connectivity index (χ1) is 32.9. The van der Waals surface area contributed by atoms with Gasteiger partial charge < -0.3 is 58.6 Å². The molecule has 5 heterocycles. The molecule has 21 nitrogen and oxygen atoms in total. The van der Waals surface area contributed by atoms with Gasteiger partial charge in [0.1, 0.15) is 29.1 Å². The maximum Gasteiger partial charge on any atom is 0.345 e. The Bertz CT molecular complexity index is 2470. The van der Waals surface area contributed by atoms with Crippen LogP contribution in [0.15, 0.2) is 69.2 Å². The topological polar surface area (TPSA) is 274 Å². The minimum absolute atomic E-state index is 0.0682. The molecular weight excluding hydrogens is 898 g/mol. The molecule has 1 aliphatic rings. The number of pyridine rings is 1. The highest BCUT2D eigenvalue weighted by molar-refractivity contribution is 7.47. The second kappa shape index (κ2) is 26.0. The molecule has 0 spiro atoms. The molecule has 1 aliphatic heterocycles. The number of fused-ring (bicyclic) bond motifs is 2. The second-order valence-corrected chi connectivity index (χ2v) is 18.3. The van der Waals surface area contributed by atoms with Crippen molar-refractivity contribution in [2.24, 2.45) is 16.6 Å². The van der Waals surface area contributed by atoms with E-state index in [9.17, 15) is 24.5 Å². The summed E-state index contributed by atoms with van der Waals surface area (Å²) in [6.07, 6.45) is 7.33. The number of carbonyl (C=O) groups excluding carboxylic acids is 1. The van der Waals surface area contributed by atoms with E-state index in [1.165, 1.54) is 0 Å². The van der Waals surface area contributed by atoms with E-state index in [0.29, 0.717) is 88.2 Å². The minimum atomic E-state index is -2.51. The van der Waals surface area contributed by atoms with E-state index in [0.717, 1.165) is 61.3 Å². The Labute approximate surface area is 396 Å². The Balaban J connectivity index is 0.761. The molecule has 0 saturated carbocycles. The highest BCUT2D eigenvalue weighted by Gasteiger charge is 2.45. The Morgan fingerprint density at radius 2 is 1.74 bits per heavy atom. The number of nitrogens with zero attached hydrogens (tertiary/aromatic N) is 8. The van der Waals surface area contributed by atoms with Crippen LogP contribution in [0.1, 0.15) is 50.8 Å². The summed E-state index contributed by atoms with van der Waals surface area (Å²) in [7, 11) is -2.51. The number of nitrogens with one attached hydrogen (secondary N) is 2. The summed E-state index contributed by atoms with van der Waals surface area (Å²) in [6, 6.07) is 11.1. The van der Waals surface area contributed by atoms with Gasteiger partial charge in [0.25, 0.3) is 0 Å². The van der Waals surface area contributed by atoms with Crippen LogP contribution < -0.4 is 21.6 Å². The number of aliphatic imine (C=N–C) groups is 1. The van der Waals surface area contributed by atoms with Gasteiger partial charge in [-0.25, -0.2) is 14.8 Å². The van der Waals surface area contributed by atoms with Crippen molar-refractivity contribution in [3.8, 4) is 11.3 Å². The number of piperazine rings is 1. The molecule has 0 bridgehead atoms. The number of benzene rings is 1. The number of hydrogen-bond acceptors (Lipinski definition) is 16. The van der Waals surface area contributed by atoms with Gasteiger partial charge in [-0.1, -0.05) is 19.1 Å². The van der Waals surface area contributed by atoms with Crippen LogP contribution in [-0.4, -0.2) is 159 Å². The van der Waals surface area contributed by atoms with Crippen molar-refractivity contribution >= 4 is 48.8 Å². The third-order valence-corrected chi connectivity index (χ3v) is 14.0. The summed E-state index contributed by atoms with van der Waals surface area (Å²) in [6.45, 7) is 13.4. The number of hydrogen-bond donors (Lipinski definition) is 6. The average Bonchev–Trinajstić information content (AvgIpc) is 3.98. The third kappa shape index (κ3) is 14.4. The monoisotopic (exact) mass is 963 g/mol. The smallest absolute Gasteiger partial charge is 0.345 e. The number of aromatic nitrogens is 5. The number of aliphatic hydroxyl groups is 1. The summed E-state index contributed by atoms with van der Waals surface area (Å²) >= 11 is 0. The molecule has 22 heteroatoms. The van der Waals surface area contributed by atoms with Gasteiger partial charge in [0.15, 0.2) is 8.38 Å². The first-order valence-electron chi connectivity index (χ1n) is 23.0. The summed E-state index contributed by atoms with van der Waals surface area (Å²) in [4.78, 5) is 59.6. The number of amides is 1. The number of aryl methyl sites for hydroxylation is 2. The molecule has 6 rings (SSSR count). The van der Waals surface area contributed by atoms with E-state index < -0.39 is 37.7 Å². The lowest BCUT2D eigenvalue weighted by molar-refractivity contribution is -0.122. The maximum atomic E-state index is 13.0. The van der Waals surface area contributed by atoms with Gasteiger partial charge in [0.2, 0.25) is 5.91 Å². The van der Waals surface area contributed by atoms with Crippen LogP contribution in [0, 0.1) is 18.3 Å². The Kier molecular flexibility index (Phi) is 19.9. The van der Waals surface area contributed by atoms with E-state index in [-0.39, 0.29) is 31.2 Å². The lowest BCUT2D eigenvalue weighted by atomic mass is 9.84.